The molecule has 1 unspecified atom stereocenters. The van der Waals surface area contributed by atoms with Gasteiger partial charge >= 0.3 is 0 Å². The molecule has 2 aromatic heterocycles. The SMILES string of the molecule is CC(N)c1cc(=O)n2[nH]c(-c3cccc(F)c3)cc2n1. The van der Waals surface area contributed by atoms with Gasteiger partial charge in [0.2, 0.25) is 0 Å². The molecular formula is C14H13FN4O. The fourth-order valence-electron chi connectivity index (χ4n) is 2.05. The lowest BCUT2D eigenvalue weighted by molar-refractivity contribution is 0.628. The van der Waals surface area contributed by atoms with E-state index in [0.717, 1.165) is 0 Å². The molecule has 2 heterocycles. The molecule has 0 bridgehead atoms. The van der Waals surface area contributed by atoms with Crippen LogP contribution in [0.2, 0.25) is 0 Å². The molecule has 1 atom stereocenters. The molecule has 0 radical (unpaired) electrons. The van der Waals surface area contributed by atoms with Crippen LogP contribution in [0.4, 0.5) is 4.39 Å². The van der Waals surface area contributed by atoms with Gasteiger partial charge in [0.15, 0.2) is 5.65 Å². The quantitative estimate of drug-likeness (QED) is 0.747. The fourth-order valence-corrected chi connectivity index (χ4v) is 2.05. The Balaban J connectivity index is 2.20. The topological polar surface area (TPSA) is 76.2 Å². The second-order valence-electron chi connectivity index (χ2n) is 4.68. The lowest BCUT2D eigenvalue weighted by atomic mass is 10.1. The van der Waals surface area contributed by atoms with E-state index in [4.69, 9.17) is 5.73 Å². The van der Waals surface area contributed by atoms with Crippen molar-refractivity contribution in [1.82, 2.24) is 14.6 Å². The number of nitrogens with two attached hydrogens (primary N) is 1. The van der Waals surface area contributed by atoms with Gasteiger partial charge in [-0.05, 0) is 19.1 Å². The summed E-state index contributed by atoms with van der Waals surface area (Å²) in [5.41, 5.74) is 7.76. The van der Waals surface area contributed by atoms with Gasteiger partial charge in [0.05, 0.1) is 11.4 Å². The maximum atomic E-state index is 13.2. The van der Waals surface area contributed by atoms with Gasteiger partial charge in [0.25, 0.3) is 5.56 Å². The minimum atomic E-state index is -0.335. The summed E-state index contributed by atoms with van der Waals surface area (Å²) < 4.78 is 14.6. The van der Waals surface area contributed by atoms with Gasteiger partial charge in [0, 0.05) is 23.7 Å². The Hall–Kier alpha value is -2.47. The molecule has 0 fully saturated rings. The van der Waals surface area contributed by atoms with E-state index in [2.05, 4.69) is 10.1 Å². The second kappa shape index (κ2) is 4.57. The molecule has 0 spiro atoms. The molecule has 3 aromatic rings. The van der Waals surface area contributed by atoms with Crippen LogP contribution in [0.5, 0.6) is 0 Å². The van der Waals surface area contributed by atoms with E-state index in [9.17, 15) is 9.18 Å². The lowest BCUT2D eigenvalue weighted by Crippen LogP contribution is -2.18. The zero-order chi connectivity index (χ0) is 14.3. The number of aromatic amines is 1. The number of H-pyrrole nitrogens is 1. The lowest BCUT2D eigenvalue weighted by Gasteiger charge is -2.03. The molecule has 0 aliphatic carbocycles. The van der Waals surface area contributed by atoms with Gasteiger partial charge in [-0.3, -0.25) is 9.89 Å². The number of halogens is 1. The molecule has 20 heavy (non-hydrogen) atoms. The number of aromatic nitrogens is 3. The number of nitrogens with one attached hydrogen (secondary N) is 1. The van der Waals surface area contributed by atoms with Crippen LogP contribution in [0.15, 0.2) is 41.2 Å². The van der Waals surface area contributed by atoms with Crippen molar-refractivity contribution in [2.24, 2.45) is 5.73 Å². The van der Waals surface area contributed by atoms with Gasteiger partial charge in [-0.15, -0.1) is 0 Å². The molecule has 1 aromatic carbocycles. The van der Waals surface area contributed by atoms with Crippen LogP contribution in [-0.2, 0) is 0 Å². The summed E-state index contributed by atoms with van der Waals surface area (Å²) >= 11 is 0. The van der Waals surface area contributed by atoms with Crippen LogP contribution >= 0.6 is 0 Å². The predicted molar refractivity (Wildman–Crippen MR) is 73.8 cm³/mol. The molecule has 0 saturated heterocycles. The van der Waals surface area contributed by atoms with Crippen molar-refractivity contribution in [3.63, 3.8) is 0 Å². The van der Waals surface area contributed by atoms with E-state index in [0.29, 0.717) is 22.6 Å². The van der Waals surface area contributed by atoms with E-state index in [-0.39, 0.29) is 17.4 Å². The Kier molecular flexibility index (Phi) is 2.87. The van der Waals surface area contributed by atoms with Crippen molar-refractivity contribution >= 4 is 5.65 Å². The average Bonchev–Trinajstić information content (AvgIpc) is 2.83. The van der Waals surface area contributed by atoms with Crippen molar-refractivity contribution in [2.45, 2.75) is 13.0 Å². The number of rotatable bonds is 2. The maximum absolute atomic E-state index is 13.2. The highest BCUT2D eigenvalue weighted by Crippen LogP contribution is 2.19. The Morgan fingerprint density at radius 2 is 2.15 bits per heavy atom. The molecular weight excluding hydrogens is 259 g/mol. The van der Waals surface area contributed by atoms with E-state index in [1.165, 1.54) is 22.7 Å². The maximum Gasteiger partial charge on any atom is 0.272 e. The van der Waals surface area contributed by atoms with Gasteiger partial charge in [-0.2, -0.15) is 0 Å². The summed E-state index contributed by atoms with van der Waals surface area (Å²) in [6, 6.07) is 8.89. The number of benzene rings is 1. The summed E-state index contributed by atoms with van der Waals surface area (Å²) in [5, 5.41) is 2.91. The number of hydrogen-bond acceptors (Lipinski definition) is 3. The van der Waals surface area contributed by atoms with Crippen LogP contribution in [0.3, 0.4) is 0 Å². The van der Waals surface area contributed by atoms with Gasteiger partial charge in [-0.1, -0.05) is 12.1 Å². The van der Waals surface area contributed by atoms with Crippen LogP contribution in [0.1, 0.15) is 18.7 Å². The molecule has 3 N–H and O–H groups in total. The summed E-state index contributed by atoms with van der Waals surface area (Å²) in [5.74, 6) is -0.335. The van der Waals surface area contributed by atoms with Crippen LogP contribution < -0.4 is 11.3 Å². The summed E-state index contributed by atoms with van der Waals surface area (Å²) in [6.45, 7) is 1.76. The average molecular weight is 272 g/mol. The fraction of sp³-hybridized carbons (Fsp3) is 0.143. The molecule has 3 rings (SSSR count). The first kappa shape index (κ1) is 12.6. The third-order valence-corrected chi connectivity index (χ3v) is 3.07. The Morgan fingerprint density at radius 3 is 2.85 bits per heavy atom. The molecule has 5 nitrogen and oxygen atoms in total. The van der Waals surface area contributed by atoms with Crippen LogP contribution in [-0.4, -0.2) is 14.6 Å². The van der Waals surface area contributed by atoms with E-state index in [1.807, 2.05) is 0 Å². The predicted octanol–water partition coefficient (Wildman–Crippen LogP) is 1.85. The van der Waals surface area contributed by atoms with E-state index < -0.39 is 0 Å². The molecule has 0 aliphatic rings. The first-order chi connectivity index (χ1) is 9.54. The Morgan fingerprint density at radius 1 is 1.35 bits per heavy atom. The molecule has 102 valence electrons. The van der Waals surface area contributed by atoms with Crippen LogP contribution in [0.25, 0.3) is 16.9 Å². The van der Waals surface area contributed by atoms with Crippen molar-refractivity contribution in [1.29, 1.82) is 0 Å². The van der Waals surface area contributed by atoms with Gasteiger partial charge < -0.3 is 5.73 Å². The Labute approximate surface area is 113 Å². The molecule has 6 heteroatoms. The zero-order valence-electron chi connectivity index (χ0n) is 10.8. The second-order valence-corrected chi connectivity index (χ2v) is 4.68. The van der Waals surface area contributed by atoms with Crippen molar-refractivity contribution in [2.75, 3.05) is 0 Å². The minimum absolute atomic E-state index is 0.245. The standard InChI is InChI=1S/C14H13FN4O/c1-8(16)11-7-14(20)19-13(17-11)6-12(18-19)9-3-2-4-10(15)5-9/h2-8,18H,16H2,1H3. The first-order valence-electron chi connectivity index (χ1n) is 6.19. The highest BCUT2D eigenvalue weighted by atomic mass is 19.1. The van der Waals surface area contributed by atoms with Crippen molar-refractivity contribution < 1.29 is 4.39 Å². The van der Waals surface area contributed by atoms with Gasteiger partial charge in [-0.25, -0.2) is 13.9 Å². The number of nitrogens with zero attached hydrogens (tertiary/aromatic N) is 2. The summed E-state index contributed by atoms with van der Waals surface area (Å²) in [6.07, 6.45) is 0. The number of fused-ring (bicyclic) bond motifs is 1. The molecule has 0 amide bonds. The number of hydrogen-bond donors (Lipinski definition) is 2. The largest absolute Gasteiger partial charge is 0.323 e. The molecule has 0 saturated carbocycles. The monoisotopic (exact) mass is 272 g/mol. The summed E-state index contributed by atoms with van der Waals surface area (Å²) in [7, 11) is 0. The third-order valence-electron chi connectivity index (χ3n) is 3.07. The zero-order valence-corrected chi connectivity index (χ0v) is 10.8. The smallest absolute Gasteiger partial charge is 0.272 e. The van der Waals surface area contributed by atoms with E-state index in [1.54, 1.807) is 25.1 Å². The summed E-state index contributed by atoms with van der Waals surface area (Å²) in [4.78, 5) is 16.3. The minimum Gasteiger partial charge on any atom is -0.323 e. The highest BCUT2D eigenvalue weighted by molar-refractivity contribution is 5.64. The van der Waals surface area contributed by atoms with Gasteiger partial charge in [0.1, 0.15) is 5.82 Å². The van der Waals surface area contributed by atoms with Crippen molar-refractivity contribution in [3.05, 3.63) is 58.3 Å². The third kappa shape index (κ3) is 2.10. The molecule has 0 aliphatic heterocycles. The highest BCUT2D eigenvalue weighted by Gasteiger charge is 2.10. The normalized spacial score (nSPS) is 12.8. The van der Waals surface area contributed by atoms with E-state index >= 15 is 0 Å². The van der Waals surface area contributed by atoms with Crippen molar-refractivity contribution in [3.8, 4) is 11.3 Å². The first-order valence-corrected chi connectivity index (χ1v) is 6.19. The van der Waals surface area contributed by atoms with Crippen LogP contribution in [0, 0.1) is 5.82 Å². The Bertz CT molecular complexity index is 835.